The number of rotatable bonds is 5. The van der Waals surface area contributed by atoms with Crippen LogP contribution in [0.15, 0.2) is 16.8 Å². The van der Waals surface area contributed by atoms with Gasteiger partial charge in [-0.3, -0.25) is 4.79 Å². The predicted molar refractivity (Wildman–Crippen MR) is 74.4 cm³/mol. The Morgan fingerprint density at radius 3 is 3.00 bits per heavy atom. The highest BCUT2D eigenvalue weighted by Crippen LogP contribution is 2.43. The lowest BCUT2D eigenvalue weighted by molar-refractivity contribution is -0.129. The molecular formula is C12H18N2OS2. The highest BCUT2D eigenvalue weighted by Gasteiger charge is 2.37. The Morgan fingerprint density at radius 1 is 1.53 bits per heavy atom. The first-order valence-electron chi connectivity index (χ1n) is 5.86. The molecule has 3 nitrogen and oxygen atoms in total. The van der Waals surface area contributed by atoms with Crippen LogP contribution in [-0.2, 0) is 4.79 Å². The third kappa shape index (κ3) is 2.84. The van der Waals surface area contributed by atoms with Crippen molar-refractivity contribution >= 4 is 29.0 Å². The van der Waals surface area contributed by atoms with Crippen LogP contribution in [0.4, 0.5) is 0 Å². The van der Waals surface area contributed by atoms with Crippen molar-refractivity contribution in [2.24, 2.45) is 0 Å². The number of nitrogens with one attached hydrogen (secondary N) is 1. The molecule has 5 heteroatoms. The van der Waals surface area contributed by atoms with Crippen molar-refractivity contribution in [1.29, 1.82) is 0 Å². The van der Waals surface area contributed by atoms with Crippen molar-refractivity contribution in [3.8, 4) is 0 Å². The molecule has 1 aromatic rings. The van der Waals surface area contributed by atoms with Gasteiger partial charge in [0.05, 0.1) is 5.25 Å². The fourth-order valence-electron chi connectivity index (χ4n) is 2.00. The minimum Gasteiger partial charge on any atom is -0.326 e. The maximum Gasteiger partial charge on any atom is 0.236 e. The van der Waals surface area contributed by atoms with Crippen molar-refractivity contribution in [3.63, 3.8) is 0 Å². The van der Waals surface area contributed by atoms with E-state index in [0.29, 0.717) is 0 Å². The van der Waals surface area contributed by atoms with Crippen molar-refractivity contribution in [2.75, 3.05) is 20.1 Å². The summed E-state index contributed by atoms with van der Waals surface area (Å²) in [6, 6.07) is 2.12. The van der Waals surface area contributed by atoms with Crippen LogP contribution in [0.1, 0.15) is 24.3 Å². The van der Waals surface area contributed by atoms with E-state index in [1.807, 2.05) is 18.9 Å². The number of hydrogen-bond acceptors (Lipinski definition) is 4. The molecule has 0 spiro atoms. The van der Waals surface area contributed by atoms with Gasteiger partial charge in [-0.05, 0) is 49.3 Å². The number of nitrogens with zero attached hydrogens (tertiary/aromatic N) is 1. The zero-order valence-corrected chi connectivity index (χ0v) is 11.8. The van der Waals surface area contributed by atoms with Gasteiger partial charge in [0.15, 0.2) is 0 Å². The summed E-state index contributed by atoms with van der Waals surface area (Å²) in [5.41, 5.74) is 1.27. The summed E-state index contributed by atoms with van der Waals surface area (Å²) in [7, 11) is 1.94. The largest absolute Gasteiger partial charge is 0.326 e. The Morgan fingerprint density at radius 2 is 2.35 bits per heavy atom. The molecule has 1 fully saturated rings. The second-order valence-corrected chi connectivity index (χ2v) is 6.38. The second kappa shape index (κ2) is 5.89. The molecule has 0 saturated carbocycles. The molecule has 0 radical (unpaired) electrons. The van der Waals surface area contributed by atoms with E-state index >= 15 is 0 Å². The van der Waals surface area contributed by atoms with Crippen LogP contribution in [-0.4, -0.2) is 36.2 Å². The predicted octanol–water partition coefficient (Wildman–Crippen LogP) is 2.32. The van der Waals surface area contributed by atoms with E-state index in [2.05, 4.69) is 22.1 Å². The average Bonchev–Trinajstić information content (AvgIpc) is 2.92. The van der Waals surface area contributed by atoms with Gasteiger partial charge in [0.2, 0.25) is 5.91 Å². The van der Waals surface area contributed by atoms with Crippen LogP contribution >= 0.6 is 23.1 Å². The molecule has 1 N–H and O–H groups in total. The maximum atomic E-state index is 12.1. The van der Waals surface area contributed by atoms with E-state index in [1.54, 1.807) is 23.1 Å². The van der Waals surface area contributed by atoms with Crippen LogP contribution < -0.4 is 5.32 Å². The van der Waals surface area contributed by atoms with Crippen LogP contribution in [0.3, 0.4) is 0 Å². The lowest BCUT2D eigenvalue weighted by Crippen LogP contribution is -2.32. The van der Waals surface area contributed by atoms with Crippen LogP contribution in [0.25, 0.3) is 0 Å². The Kier molecular flexibility index (Phi) is 4.48. The summed E-state index contributed by atoms with van der Waals surface area (Å²) in [5, 5.41) is 7.66. The van der Waals surface area contributed by atoms with Crippen molar-refractivity contribution in [2.45, 2.75) is 24.0 Å². The summed E-state index contributed by atoms with van der Waals surface area (Å²) in [6.45, 7) is 3.81. The topological polar surface area (TPSA) is 32.3 Å². The summed E-state index contributed by atoms with van der Waals surface area (Å²) >= 11 is 3.46. The Labute approximate surface area is 111 Å². The quantitative estimate of drug-likeness (QED) is 0.833. The summed E-state index contributed by atoms with van der Waals surface area (Å²) in [4.78, 5) is 14.1. The fraction of sp³-hybridized carbons (Fsp3) is 0.583. The van der Waals surface area contributed by atoms with E-state index in [0.717, 1.165) is 19.5 Å². The average molecular weight is 270 g/mol. The number of thiophene rings is 1. The summed E-state index contributed by atoms with van der Waals surface area (Å²) < 4.78 is 0. The first-order chi connectivity index (χ1) is 8.24. The summed E-state index contributed by atoms with van der Waals surface area (Å²) in [5.74, 6) is 0.280. The normalized spacial score (nSPS) is 24.6. The zero-order chi connectivity index (χ0) is 12.3. The molecule has 0 bridgehead atoms. The molecule has 2 heterocycles. The van der Waals surface area contributed by atoms with E-state index in [4.69, 9.17) is 0 Å². The molecule has 1 aromatic heterocycles. The minimum absolute atomic E-state index is 0.0921. The van der Waals surface area contributed by atoms with Crippen molar-refractivity contribution in [3.05, 3.63) is 22.4 Å². The van der Waals surface area contributed by atoms with Crippen LogP contribution in [0.5, 0.6) is 0 Å². The molecule has 2 atom stereocenters. The molecule has 94 valence electrons. The Balaban J connectivity index is 2.05. The maximum absolute atomic E-state index is 12.1. The van der Waals surface area contributed by atoms with Crippen LogP contribution in [0, 0.1) is 0 Å². The molecule has 1 saturated heterocycles. The zero-order valence-electron chi connectivity index (χ0n) is 10.2. The molecule has 1 aliphatic rings. The highest BCUT2D eigenvalue weighted by atomic mass is 32.2. The van der Waals surface area contributed by atoms with E-state index < -0.39 is 0 Å². The molecule has 1 aliphatic heterocycles. The molecule has 2 unspecified atom stereocenters. The first-order valence-corrected chi connectivity index (χ1v) is 7.75. The molecular weight excluding hydrogens is 252 g/mol. The van der Waals surface area contributed by atoms with E-state index in [1.165, 1.54) is 5.56 Å². The Hall–Kier alpha value is -0.520. The van der Waals surface area contributed by atoms with Gasteiger partial charge in [0.1, 0.15) is 5.37 Å². The molecule has 0 aromatic carbocycles. The SMILES string of the molecule is CNCCCN1C(=O)C(C)SC1c1ccsc1. The molecule has 2 rings (SSSR count). The van der Waals surface area contributed by atoms with Crippen molar-refractivity contribution < 1.29 is 4.79 Å². The Bertz CT molecular complexity index is 367. The fourth-order valence-corrected chi connectivity index (χ4v) is 4.07. The number of amides is 1. The molecule has 1 amide bonds. The monoisotopic (exact) mass is 270 g/mol. The van der Waals surface area contributed by atoms with Crippen LogP contribution in [0.2, 0.25) is 0 Å². The standard InChI is InChI=1S/C12H18N2OS2/c1-9-11(15)14(6-3-5-13-2)12(17-9)10-4-7-16-8-10/h4,7-9,12-13H,3,5-6H2,1-2H3. The van der Waals surface area contributed by atoms with Crippen molar-refractivity contribution in [1.82, 2.24) is 10.2 Å². The lowest BCUT2D eigenvalue weighted by Gasteiger charge is -2.23. The van der Waals surface area contributed by atoms with Gasteiger partial charge in [-0.25, -0.2) is 0 Å². The van der Waals surface area contributed by atoms with Gasteiger partial charge in [0.25, 0.3) is 0 Å². The molecule has 0 aliphatic carbocycles. The van der Waals surface area contributed by atoms with Gasteiger partial charge in [-0.2, -0.15) is 11.3 Å². The van der Waals surface area contributed by atoms with Gasteiger partial charge >= 0.3 is 0 Å². The van der Waals surface area contributed by atoms with Gasteiger partial charge in [-0.1, -0.05) is 0 Å². The minimum atomic E-state index is 0.0921. The molecule has 17 heavy (non-hydrogen) atoms. The third-order valence-electron chi connectivity index (χ3n) is 2.90. The second-order valence-electron chi connectivity index (χ2n) is 4.18. The number of carbonyl (C=O) groups is 1. The first kappa shape index (κ1) is 12.9. The number of carbonyl (C=O) groups excluding carboxylic acids is 1. The lowest BCUT2D eigenvalue weighted by atomic mass is 10.2. The van der Waals surface area contributed by atoms with Gasteiger partial charge < -0.3 is 10.2 Å². The third-order valence-corrected chi connectivity index (χ3v) is 5.00. The highest BCUT2D eigenvalue weighted by molar-refractivity contribution is 8.01. The smallest absolute Gasteiger partial charge is 0.236 e. The van der Waals surface area contributed by atoms with Gasteiger partial charge in [0, 0.05) is 6.54 Å². The number of thioether (sulfide) groups is 1. The number of hydrogen-bond donors (Lipinski definition) is 1. The summed E-state index contributed by atoms with van der Waals surface area (Å²) in [6.07, 6.45) is 1.01. The van der Waals surface area contributed by atoms with Gasteiger partial charge in [-0.15, -0.1) is 11.8 Å². The van der Waals surface area contributed by atoms with E-state index in [-0.39, 0.29) is 16.5 Å². The van der Waals surface area contributed by atoms with E-state index in [9.17, 15) is 4.79 Å².